The molecule has 5 heteroatoms. The third kappa shape index (κ3) is 5.60. The van der Waals surface area contributed by atoms with Crippen LogP contribution in [0.5, 0.6) is 11.5 Å². The summed E-state index contributed by atoms with van der Waals surface area (Å²) in [6.07, 6.45) is -0.0197. The zero-order valence-corrected chi connectivity index (χ0v) is 17.4. The summed E-state index contributed by atoms with van der Waals surface area (Å²) in [5, 5.41) is 2.90. The first-order chi connectivity index (χ1) is 13.5. The number of hydrogen-bond acceptors (Lipinski definition) is 3. The lowest BCUT2D eigenvalue weighted by Crippen LogP contribution is -2.15. The van der Waals surface area contributed by atoms with Crippen molar-refractivity contribution < 1.29 is 14.3 Å². The van der Waals surface area contributed by atoms with Gasteiger partial charge in [-0.05, 0) is 61.9 Å². The van der Waals surface area contributed by atoms with E-state index in [0.717, 1.165) is 15.8 Å². The minimum atomic E-state index is -0.227. The lowest BCUT2D eigenvalue weighted by molar-refractivity contribution is 0.102. The molecule has 1 amide bonds. The van der Waals surface area contributed by atoms with Crippen LogP contribution in [-0.4, -0.2) is 12.0 Å². The standard InChI is InChI=1S/C23H22BrNO3/c1-16(2)28-22-13-8-18(24)14-21(22)23(26)25-19-9-11-20(12-10-19)27-15-17-6-4-3-5-7-17/h3-14,16H,15H2,1-2H3,(H,25,26). The Hall–Kier alpha value is -2.79. The molecule has 0 radical (unpaired) electrons. The minimum Gasteiger partial charge on any atom is -0.490 e. The molecular formula is C23H22BrNO3. The van der Waals surface area contributed by atoms with Crippen molar-refractivity contribution in [3.63, 3.8) is 0 Å². The number of amides is 1. The molecule has 0 aliphatic carbocycles. The van der Waals surface area contributed by atoms with Crippen LogP contribution in [0.3, 0.4) is 0 Å². The van der Waals surface area contributed by atoms with Gasteiger partial charge in [-0.25, -0.2) is 0 Å². The molecule has 0 bridgehead atoms. The van der Waals surface area contributed by atoms with E-state index in [1.807, 2.05) is 74.5 Å². The second kappa shape index (κ2) is 9.42. The molecule has 4 nitrogen and oxygen atoms in total. The molecule has 1 N–H and O–H groups in total. The number of rotatable bonds is 7. The highest BCUT2D eigenvalue weighted by Gasteiger charge is 2.15. The molecule has 3 aromatic rings. The number of carbonyl (C=O) groups excluding carboxylic acids is 1. The molecule has 0 aromatic heterocycles. The summed E-state index contributed by atoms with van der Waals surface area (Å²) < 4.78 is 12.3. The predicted molar refractivity (Wildman–Crippen MR) is 115 cm³/mol. The molecule has 144 valence electrons. The molecule has 0 fully saturated rings. The molecule has 0 unspecified atom stereocenters. The Labute approximate surface area is 173 Å². The SMILES string of the molecule is CC(C)Oc1ccc(Br)cc1C(=O)Nc1ccc(OCc2ccccc2)cc1. The van der Waals surface area contributed by atoms with E-state index < -0.39 is 0 Å². The van der Waals surface area contributed by atoms with Gasteiger partial charge >= 0.3 is 0 Å². The van der Waals surface area contributed by atoms with Crippen molar-refractivity contribution >= 4 is 27.5 Å². The smallest absolute Gasteiger partial charge is 0.259 e. The van der Waals surface area contributed by atoms with Crippen LogP contribution in [-0.2, 0) is 6.61 Å². The van der Waals surface area contributed by atoms with E-state index in [2.05, 4.69) is 21.2 Å². The number of benzene rings is 3. The van der Waals surface area contributed by atoms with E-state index in [1.165, 1.54) is 0 Å². The first kappa shape index (κ1) is 20.0. The molecule has 28 heavy (non-hydrogen) atoms. The predicted octanol–water partition coefficient (Wildman–Crippen LogP) is 6.07. The molecule has 3 rings (SSSR count). The van der Waals surface area contributed by atoms with E-state index >= 15 is 0 Å². The molecule has 0 aliphatic heterocycles. The largest absolute Gasteiger partial charge is 0.490 e. The number of halogens is 1. The Morgan fingerprint density at radius 2 is 1.71 bits per heavy atom. The van der Waals surface area contributed by atoms with Gasteiger partial charge in [0.05, 0.1) is 11.7 Å². The van der Waals surface area contributed by atoms with Crippen LogP contribution in [0, 0.1) is 0 Å². The zero-order chi connectivity index (χ0) is 19.9. The minimum absolute atomic E-state index is 0.0197. The van der Waals surface area contributed by atoms with Gasteiger partial charge in [0.2, 0.25) is 0 Å². The van der Waals surface area contributed by atoms with Crippen LogP contribution in [0.25, 0.3) is 0 Å². The summed E-state index contributed by atoms with van der Waals surface area (Å²) in [5.41, 5.74) is 2.27. The number of carbonyl (C=O) groups is 1. The third-order valence-corrected chi connectivity index (χ3v) is 4.40. The quantitative estimate of drug-likeness (QED) is 0.485. The lowest BCUT2D eigenvalue weighted by atomic mass is 10.1. The monoisotopic (exact) mass is 439 g/mol. The van der Waals surface area contributed by atoms with Crippen molar-refractivity contribution in [2.45, 2.75) is 26.6 Å². The van der Waals surface area contributed by atoms with Crippen molar-refractivity contribution in [3.8, 4) is 11.5 Å². The molecule has 0 saturated heterocycles. The van der Waals surface area contributed by atoms with Gasteiger partial charge in [-0.15, -0.1) is 0 Å². The lowest BCUT2D eigenvalue weighted by Gasteiger charge is -2.15. The fourth-order valence-corrected chi connectivity index (χ4v) is 2.97. The van der Waals surface area contributed by atoms with E-state index in [9.17, 15) is 4.79 Å². The average Bonchev–Trinajstić information content (AvgIpc) is 2.69. The molecule has 0 atom stereocenters. The van der Waals surface area contributed by atoms with Gasteiger partial charge in [0.25, 0.3) is 5.91 Å². The first-order valence-electron chi connectivity index (χ1n) is 9.05. The highest BCUT2D eigenvalue weighted by atomic mass is 79.9. The first-order valence-corrected chi connectivity index (χ1v) is 9.85. The summed E-state index contributed by atoms with van der Waals surface area (Å²) in [6, 6.07) is 22.7. The maximum absolute atomic E-state index is 12.7. The number of hydrogen-bond donors (Lipinski definition) is 1. The summed E-state index contributed by atoms with van der Waals surface area (Å²) in [6.45, 7) is 4.36. The Kier molecular flexibility index (Phi) is 6.71. The Bertz CT molecular complexity index is 924. The van der Waals surface area contributed by atoms with Crippen LogP contribution in [0.4, 0.5) is 5.69 Å². The van der Waals surface area contributed by atoms with Crippen LogP contribution in [0.1, 0.15) is 29.8 Å². The van der Waals surface area contributed by atoms with Crippen LogP contribution in [0.15, 0.2) is 77.3 Å². The van der Waals surface area contributed by atoms with Crippen LogP contribution >= 0.6 is 15.9 Å². The van der Waals surface area contributed by atoms with E-state index in [4.69, 9.17) is 9.47 Å². The summed E-state index contributed by atoms with van der Waals surface area (Å²) in [7, 11) is 0. The number of nitrogens with one attached hydrogen (secondary N) is 1. The van der Waals surface area contributed by atoms with Crippen molar-refractivity contribution in [1.29, 1.82) is 0 Å². The summed E-state index contributed by atoms with van der Waals surface area (Å²) in [4.78, 5) is 12.7. The van der Waals surface area contributed by atoms with Gasteiger partial charge < -0.3 is 14.8 Å². The van der Waals surface area contributed by atoms with Gasteiger partial charge in [-0.2, -0.15) is 0 Å². The van der Waals surface area contributed by atoms with Crippen molar-refractivity contribution in [1.82, 2.24) is 0 Å². The summed E-state index contributed by atoms with van der Waals surface area (Å²) >= 11 is 3.41. The molecule has 3 aromatic carbocycles. The van der Waals surface area contributed by atoms with Gasteiger partial charge in [0.15, 0.2) is 0 Å². The molecule has 0 aliphatic rings. The van der Waals surface area contributed by atoms with Crippen LogP contribution < -0.4 is 14.8 Å². The third-order valence-electron chi connectivity index (χ3n) is 3.91. The summed E-state index contributed by atoms with van der Waals surface area (Å²) in [5.74, 6) is 1.07. The Balaban J connectivity index is 1.65. The van der Waals surface area contributed by atoms with Gasteiger partial charge in [-0.3, -0.25) is 4.79 Å². The number of ether oxygens (including phenoxy) is 2. The Morgan fingerprint density at radius 1 is 1.00 bits per heavy atom. The van der Waals surface area contributed by atoms with Crippen molar-refractivity contribution in [2.24, 2.45) is 0 Å². The van der Waals surface area contributed by atoms with Crippen molar-refractivity contribution in [3.05, 3.63) is 88.4 Å². The maximum atomic E-state index is 12.7. The fraction of sp³-hybridized carbons (Fsp3) is 0.174. The highest BCUT2D eigenvalue weighted by Crippen LogP contribution is 2.26. The topological polar surface area (TPSA) is 47.6 Å². The Morgan fingerprint density at radius 3 is 2.39 bits per heavy atom. The second-order valence-electron chi connectivity index (χ2n) is 6.56. The van der Waals surface area contributed by atoms with Gasteiger partial charge in [0, 0.05) is 10.2 Å². The highest BCUT2D eigenvalue weighted by molar-refractivity contribution is 9.10. The average molecular weight is 440 g/mol. The molecular weight excluding hydrogens is 418 g/mol. The molecule has 0 saturated carbocycles. The molecule has 0 heterocycles. The second-order valence-corrected chi connectivity index (χ2v) is 7.48. The van der Waals surface area contributed by atoms with E-state index in [1.54, 1.807) is 12.1 Å². The van der Waals surface area contributed by atoms with E-state index in [-0.39, 0.29) is 12.0 Å². The van der Waals surface area contributed by atoms with Crippen molar-refractivity contribution in [2.75, 3.05) is 5.32 Å². The normalized spacial score (nSPS) is 10.6. The van der Waals surface area contributed by atoms with Crippen LogP contribution in [0.2, 0.25) is 0 Å². The fourth-order valence-electron chi connectivity index (χ4n) is 2.61. The van der Waals surface area contributed by atoms with Gasteiger partial charge in [0.1, 0.15) is 18.1 Å². The van der Waals surface area contributed by atoms with Gasteiger partial charge in [-0.1, -0.05) is 46.3 Å². The maximum Gasteiger partial charge on any atom is 0.259 e. The van der Waals surface area contributed by atoms with E-state index in [0.29, 0.717) is 23.6 Å². The number of anilines is 1. The molecule has 0 spiro atoms. The zero-order valence-electron chi connectivity index (χ0n) is 15.8.